The van der Waals surface area contributed by atoms with E-state index in [2.05, 4.69) is 17.2 Å². The molecule has 3 heterocycles. The number of nitrogens with one attached hydrogen (secondary N) is 1. The lowest BCUT2D eigenvalue weighted by molar-refractivity contribution is -0.694. The van der Waals surface area contributed by atoms with Gasteiger partial charge >= 0.3 is 0 Å². The van der Waals surface area contributed by atoms with Gasteiger partial charge in [-0.25, -0.2) is 4.98 Å². The molecule has 28 heavy (non-hydrogen) atoms. The molecule has 1 aromatic carbocycles. The third kappa shape index (κ3) is 4.01. The molecule has 3 aromatic heterocycles. The maximum atomic E-state index is 12.7. The van der Waals surface area contributed by atoms with Crippen LogP contribution in [0.3, 0.4) is 0 Å². The highest BCUT2D eigenvalue weighted by atomic mass is 32.1. The molecule has 0 fully saturated rings. The fourth-order valence-corrected chi connectivity index (χ4v) is 4.80. The van der Waals surface area contributed by atoms with E-state index in [1.54, 1.807) is 11.3 Å². The van der Waals surface area contributed by atoms with Gasteiger partial charge in [0.2, 0.25) is 0 Å². The quantitative estimate of drug-likeness (QED) is 0.455. The molecule has 0 saturated heterocycles. The normalized spacial score (nSPS) is 12.4. The second-order valence-electron chi connectivity index (χ2n) is 6.73. The molecule has 0 saturated carbocycles. The number of hydrogen-bond donors (Lipinski definition) is 2. The van der Waals surface area contributed by atoms with Crippen molar-refractivity contribution in [3.05, 3.63) is 68.9 Å². The molecule has 3 N–H and O–H groups in total. The Labute approximate surface area is 171 Å². The molecular weight excluding hydrogens is 390 g/mol. The predicted molar refractivity (Wildman–Crippen MR) is 115 cm³/mol. The number of fused-ring (bicyclic) bond motifs is 1. The number of thiophene rings is 2. The summed E-state index contributed by atoms with van der Waals surface area (Å²) in [7, 11) is 0. The maximum absolute atomic E-state index is 12.7. The highest BCUT2D eigenvalue weighted by Gasteiger charge is 2.17. The molecule has 0 spiro atoms. The molecule has 4 rings (SSSR count). The topological polar surface area (TPSA) is 71.6 Å². The summed E-state index contributed by atoms with van der Waals surface area (Å²) in [6.45, 7) is 5.48. The molecule has 1 atom stereocenters. The van der Waals surface area contributed by atoms with Gasteiger partial charge in [-0.2, -0.15) is 0 Å². The van der Waals surface area contributed by atoms with Crippen LogP contribution in [0.5, 0.6) is 5.75 Å². The minimum absolute atomic E-state index is 0.0472. The second-order valence-corrected chi connectivity index (χ2v) is 8.54. The molecule has 5 nitrogen and oxygen atoms in total. The summed E-state index contributed by atoms with van der Waals surface area (Å²) in [5.74, 6) is 1.58. The molecule has 0 unspecified atom stereocenters. The van der Waals surface area contributed by atoms with Gasteiger partial charge in [-0.1, -0.05) is 23.8 Å². The monoisotopic (exact) mass is 412 g/mol. The van der Waals surface area contributed by atoms with Crippen LogP contribution in [0.2, 0.25) is 0 Å². The second kappa shape index (κ2) is 8.26. The number of hydrogen-bond acceptors (Lipinski definition) is 5. The number of nitrogens with zero attached hydrogens (tertiary/aromatic N) is 1. The molecular formula is C21H22N3O2S2+. The van der Waals surface area contributed by atoms with Crippen molar-refractivity contribution in [2.75, 3.05) is 13.2 Å². The Hall–Kier alpha value is -2.48. The molecule has 0 aliphatic heterocycles. The Kier molecular flexibility index (Phi) is 5.57. The zero-order valence-electron chi connectivity index (χ0n) is 15.8. The van der Waals surface area contributed by atoms with E-state index in [9.17, 15) is 4.79 Å². The van der Waals surface area contributed by atoms with Crippen molar-refractivity contribution in [1.82, 2.24) is 9.97 Å². The summed E-state index contributed by atoms with van der Waals surface area (Å²) >= 11 is 3.15. The van der Waals surface area contributed by atoms with Crippen LogP contribution in [0.25, 0.3) is 20.7 Å². The highest BCUT2D eigenvalue weighted by Crippen LogP contribution is 2.33. The Balaban J connectivity index is 1.42. The van der Waals surface area contributed by atoms with Crippen molar-refractivity contribution in [2.45, 2.75) is 19.9 Å². The third-order valence-electron chi connectivity index (χ3n) is 4.61. The molecule has 0 aliphatic carbocycles. The summed E-state index contributed by atoms with van der Waals surface area (Å²) < 4.78 is 5.77. The van der Waals surface area contributed by atoms with E-state index in [4.69, 9.17) is 9.72 Å². The molecule has 144 valence electrons. The molecule has 7 heteroatoms. The minimum Gasteiger partial charge on any atom is -0.488 e. The first kappa shape index (κ1) is 18.9. The number of rotatable bonds is 7. The van der Waals surface area contributed by atoms with Gasteiger partial charge in [-0.05, 0) is 37.4 Å². The Morgan fingerprint density at radius 2 is 2.04 bits per heavy atom. The number of aromatic nitrogens is 2. The fraction of sp³-hybridized carbons (Fsp3) is 0.238. The number of benzene rings is 1. The van der Waals surface area contributed by atoms with E-state index in [1.165, 1.54) is 16.9 Å². The van der Waals surface area contributed by atoms with Crippen LogP contribution in [-0.4, -0.2) is 23.1 Å². The maximum Gasteiger partial charge on any atom is 0.260 e. The number of H-pyrrole nitrogens is 1. The summed E-state index contributed by atoms with van der Waals surface area (Å²) in [5, 5.41) is 6.86. The number of quaternary nitrogens is 1. The summed E-state index contributed by atoms with van der Waals surface area (Å²) in [6.07, 6.45) is 0. The van der Waals surface area contributed by atoms with E-state index in [0.29, 0.717) is 17.8 Å². The van der Waals surface area contributed by atoms with Crippen LogP contribution in [-0.2, 0) is 0 Å². The van der Waals surface area contributed by atoms with Crippen LogP contribution in [0.15, 0.2) is 52.0 Å². The third-order valence-corrected chi connectivity index (χ3v) is 6.38. The van der Waals surface area contributed by atoms with Crippen molar-refractivity contribution in [2.24, 2.45) is 0 Å². The molecule has 0 amide bonds. The van der Waals surface area contributed by atoms with Crippen LogP contribution >= 0.6 is 22.7 Å². The lowest BCUT2D eigenvalue weighted by Gasteiger charge is -2.11. The molecule has 0 bridgehead atoms. The number of nitrogens with two attached hydrogens (primary N) is 1. The van der Waals surface area contributed by atoms with E-state index in [1.807, 2.05) is 54.1 Å². The first-order chi connectivity index (χ1) is 13.6. The average Bonchev–Trinajstić information content (AvgIpc) is 3.36. The largest absolute Gasteiger partial charge is 0.488 e. The van der Waals surface area contributed by atoms with Crippen LogP contribution < -0.4 is 15.6 Å². The number of aromatic amines is 1. The van der Waals surface area contributed by atoms with E-state index in [0.717, 1.165) is 27.6 Å². The SMILES string of the molecule is Cc1ccc(OCC[NH2+][C@H](C)c2nc3scc(-c4cccs4)c3c(=O)[nH]2)cc1. The van der Waals surface area contributed by atoms with Crippen LogP contribution in [0.4, 0.5) is 0 Å². The van der Waals surface area contributed by atoms with Gasteiger partial charge in [0.05, 0.1) is 5.39 Å². The standard InChI is InChI=1S/C21H21N3O2S2/c1-13-5-7-15(8-6-13)26-10-9-22-14(2)19-23-20(25)18-16(12-28-21(18)24-19)17-4-3-11-27-17/h3-8,11-12,14,22H,9-10H2,1-2H3,(H,23,24,25)/p+1/t14-/m1/s1. The predicted octanol–water partition coefficient (Wildman–Crippen LogP) is 3.72. The lowest BCUT2D eigenvalue weighted by atomic mass is 10.2. The average molecular weight is 413 g/mol. The lowest BCUT2D eigenvalue weighted by Crippen LogP contribution is -2.86. The van der Waals surface area contributed by atoms with Gasteiger partial charge in [-0.15, -0.1) is 22.7 Å². The molecule has 4 aromatic rings. The van der Waals surface area contributed by atoms with E-state index >= 15 is 0 Å². The van der Waals surface area contributed by atoms with Gasteiger partial charge in [0.15, 0.2) is 5.82 Å². The Bertz CT molecular complexity index is 1110. The number of ether oxygens (including phenoxy) is 1. The van der Waals surface area contributed by atoms with Crippen molar-refractivity contribution in [3.63, 3.8) is 0 Å². The zero-order chi connectivity index (χ0) is 19.5. The van der Waals surface area contributed by atoms with Crippen molar-refractivity contribution >= 4 is 32.9 Å². The van der Waals surface area contributed by atoms with E-state index < -0.39 is 0 Å². The summed E-state index contributed by atoms with van der Waals surface area (Å²) in [4.78, 5) is 22.3. The highest BCUT2D eigenvalue weighted by molar-refractivity contribution is 7.18. The summed E-state index contributed by atoms with van der Waals surface area (Å²) in [5.41, 5.74) is 2.12. The molecule has 0 aliphatic rings. The summed E-state index contributed by atoms with van der Waals surface area (Å²) in [6, 6.07) is 12.1. The van der Waals surface area contributed by atoms with Crippen LogP contribution in [0.1, 0.15) is 24.4 Å². The van der Waals surface area contributed by atoms with E-state index in [-0.39, 0.29) is 11.6 Å². The smallest absolute Gasteiger partial charge is 0.260 e. The fourth-order valence-electron chi connectivity index (χ4n) is 3.04. The first-order valence-electron chi connectivity index (χ1n) is 9.20. The minimum atomic E-state index is -0.0687. The zero-order valence-corrected chi connectivity index (χ0v) is 17.4. The van der Waals surface area contributed by atoms with Gasteiger partial charge in [-0.3, -0.25) is 4.79 Å². The van der Waals surface area contributed by atoms with Crippen molar-refractivity contribution < 1.29 is 10.1 Å². The first-order valence-corrected chi connectivity index (χ1v) is 11.0. The van der Waals surface area contributed by atoms with Crippen LogP contribution in [0, 0.1) is 6.92 Å². The number of aryl methyl sites for hydroxylation is 1. The van der Waals surface area contributed by atoms with Gasteiger partial charge in [0, 0.05) is 15.8 Å². The Morgan fingerprint density at radius 3 is 2.79 bits per heavy atom. The van der Waals surface area contributed by atoms with Gasteiger partial charge in [0.1, 0.15) is 29.8 Å². The van der Waals surface area contributed by atoms with Crippen molar-refractivity contribution in [1.29, 1.82) is 0 Å². The van der Waals surface area contributed by atoms with Crippen molar-refractivity contribution in [3.8, 4) is 16.2 Å². The van der Waals surface area contributed by atoms with Gasteiger partial charge in [0.25, 0.3) is 5.56 Å². The molecule has 0 radical (unpaired) electrons. The Morgan fingerprint density at radius 1 is 1.21 bits per heavy atom. The van der Waals surface area contributed by atoms with Gasteiger partial charge < -0.3 is 15.0 Å².